The molecule has 4 heteroatoms. The maximum absolute atomic E-state index is 11.5. The normalized spacial score (nSPS) is 12.8. The molecule has 0 bridgehead atoms. The summed E-state index contributed by atoms with van der Waals surface area (Å²) in [6.45, 7) is 1.54. The lowest BCUT2D eigenvalue weighted by molar-refractivity contribution is 0.604. The summed E-state index contributed by atoms with van der Waals surface area (Å²) in [6, 6.07) is 8.18. The van der Waals surface area contributed by atoms with Crippen molar-refractivity contribution in [2.45, 2.75) is 11.8 Å². The standard InChI is InChI=1S/C9H11NO2S/c1-8(10)7-13(11,12)9-5-3-2-4-6-9/h2-7H,10H2,1H3/b8-7+. The van der Waals surface area contributed by atoms with Gasteiger partial charge < -0.3 is 5.73 Å². The number of nitrogens with two attached hydrogens (primary N) is 1. The van der Waals surface area contributed by atoms with Gasteiger partial charge in [-0.25, -0.2) is 8.42 Å². The summed E-state index contributed by atoms with van der Waals surface area (Å²) in [4.78, 5) is 0.264. The van der Waals surface area contributed by atoms with Crippen molar-refractivity contribution in [3.63, 3.8) is 0 Å². The first-order valence-electron chi connectivity index (χ1n) is 3.76. The molecule has 3 nitrogen and oxygen atoms in total. The zero-order chi connectivity index (χ0) is 9.90. The molecule has 0 saturated carbocycles. The molecule has 0 amide bonds. The highest BCUT2D eigenvalue weighted by molar-refractivity contribution is 7.94. The van der Waals surface area contributed by atoms with Gasteiger partial charge in [-0.1, -0.05) is 18.2 Å². The van der Waals surface area contributed by atoms with E-state index < -0.39 is 9.84 Å². The Morgan fingerprint density at radius 2 is 1.85 bits per heavy atom. The van der Waals surface area contributed by atoms with Crippen molar-refractivity contribution < 1.29 is 8.42 Å². The highest BCUT2D eigenvalue weighted by Crippen LogP contribution is 2.11. The van der Waals surface area contributed by atoms with E-state index in [2.05, 4.69) is 0 Å². The van der Waals surface area contributed by atoms with Crippen LogP contribution in [0.2, 0.25) is 0 Å². The van der Waals surface area contributed by atoms with Gasteiger partial charge in [-0.15, -0.1) is 0 Å². The Kier molecular flexibility index (Phi) is 2.72. The number of hydrogen-bond acceptors (Lipinski definition) is 3. The van der Waals surface area contributed by atoms with Crippen LogP contribution in [0.3, 0.4) is 0 Å². The molecule has 1 aromatic carbocycles. The highest BCUT2D eigenvalue weighted by atomic mass is 32.2. The first-order valence-corrected chi connectivity index (χ1v) is 5.31. The van der Waals surface area contributed by atoms with Crippen molar-refractivity contribution >= 4 is 9.84 Å². The third-order valence-corrected chi connectivity index (χ3v) is 3.02. The SMILES string of the molecule is C/C(N)=C\S(=O)(=O)c1ccccc1. The molecular formula is C9H11NO2S. The van der Waals surface area contributed by atoms with Gasteiger partial charge in [-0.05, 0) is 19.1 Å². The third-order valence-electron chi connectivity index (χ3n) is 1.41. The molecule has 0 radical (unpaired) electrons. The molecule has 0 aliphatic carbocycles. The van der Waals surface area contributed by atoms with Gasteiger partial charge in [0.15, 0.2) is 0 Å². The van der Waals surface area contributed by atoms with Crippen LogP contribution in [0.4, 0.5) is 0 Å². The molecule has 0 atom stereocenters. The van der Waals surface area contributed by atoms with Crippen LogP contribution in [-0.4, -0.2) is 8.42 Å². The van der Waals surface area contributed by atoms with Crippen LogP contribution in [0.25, 0.3) is 0 Å². The Labute approximate surface area is 77.8 Å². The molecule has 2 N–H and O–H groups in total. The monoisotopic (exact) mass is 197 g/mol. The lowest BCUT2D eigenvalue weighted by atomic mass is 10.4. The summed E-state index contributed by atoms with van der Waals surface area (Å²) in [5.41, 5.74) is 5.58. The summed E-state index contributed by atoms with van der Waals surface area (Å²) in [5.74, 6) is 0. The van der Waals surface area contributed by atoms with Crippen molar-refractivity contribution in [1.29, 1.82) is 0 Å². The van der Waals surface area contributed by atoms with Crippen LogP contribution >= 0.6 is 0 Å². The Hall–Kier alpha value is -1.29. The van der Waals surface area contributed by atoms with Crippen LogP contribution in [0.5, 0.6) is 0 Å². The molecule has 1 aromatic rings. The average molecular weight is 197 g/mol. The summed E-state index contributed by atoms with van der Waals surface area (Å²) in [7, 11) is -3.35. The highest BCUT2D eigenvalue weighted by Gasteiger charge is 2.09. The predicted octanol–water partition coefficient (Wildman–Crippen LogP) is 1.28. The van der Waals surface area contributed by atoms with E-state index in [-0.39, 0.29) is 10.6 Å². The fraction of sp³-hybridized carbons (Fsp3) is 0.111. The Morgan fingerprint density at radius 3 is 2.31 bits per heavy atom. The fourth-order valence-corrected chi connectivity index (χ4v) is 2.08. The van der Waals surface area contributed by atoms with E-state index in [0.717, 1.165) is 5.41 Å². The van der Waals surface area contributed by atoms with Gasteiger partial charge in [0.25, 0.3) is 0 Å². The largest absolute Gasteiger partial charge is 0.402 e. The van der Waals surface area contributed by atoms with Gasteiger partial charge in [0.05, 0.1) is 10.3 Å². The van der Waals surface area contributed by atoms with Gasteiger partial charge in [0, 0.05) is 5.70 Å². The summed E-state index contributed by atoms with van der Waals surface area (Å²) in [6.07, 6.45) is 0. The van der Waals surface area contributed by atoms with Crippen LogP contribution in [-0.2, 0) is 9.84 Å². The van der Waals surface area contributed by atoms with Crippen molar-refractivity contribution in [3.8, 4) is 0 Å². The molecule has 1 rings (SSSR count). The van der Waals surface area contributed by atoms with Crippen LogP contribution in [0, 0.1) is 0 Å². The smallest absolute Gasteiger partial charge is 0.201 e. The van der Waals surface area contributed by atoms with Crippen LogP contribution < -0.4 is 5.73 Å². The molecule has 0 unspecified atom stereocenters. The minimum absolute atomic E-state index is 0.264. The van der Waals surface area contributed by atoms with Crippen molar-refractivity contribution in [1.82, 2.24) is 0 Å². The van der Waals surface area contributed by atoms with E-state index in [0.29, 0.717) is 0 Å². The number of allylic oxidation sites excluding steroid dienone is 1. The number of rotatable bonds is 2. The number of benzene rings is 1. The average Bonchev–Trinajstić information content (AvgIpc) is 2.04. The van der Waals surface area contributed by atoms with E-state index in [9.17, 15) is 8.42 Å². The second-order valence-electron chi connectivity index (χ2n) is 2.72. The van der Waals surface area contributed by atoms with Gasteiger partial charge in [0.1, 0.15) is 0 Å². The van der Waals surface area contributed by atoms with E-state index in [1.807, 2.05) is 0 Å². The third kappa shape index (κ3) is 2.59. The van der Waals surface area contributed by atoms with Crippen LogP contribution in [0.15, 0.2) is 46.3 Å². The predicted molar refractivity (Wildman–Crippen MR) is 51.6 cm³/mol. The lowest BCUT2D eigenvalue weighted by Gasteiger charge is -1.98. The fourth-order valence-electron chi connectivity index (χ4n) is 0.923. The first kappa shape index (κ1) is 9.80. The van der Waals surface area contributed by atoms with E-state index in [4.69, 9.17) is 5.73 Å². The number of hydrogen-bond donors (Lipinski definition) is 1. The molecule has 0 saturated heterocycles. The van der Waals surface area contributed by atoms with E-state index in [1.165, 1.54) is 12.1 Å². The van der Waals surface area contributed by atoms with Gasteiger partial charge in [0.2, 0.25) is 9.84 Å². The zero-order valence-electron chi connectivity index (χ0n) is 7.27. The minimum atomic E-state index is -3.35. The summed E-state index contributed by atoms with van der Waals surface area (Å²) in [5, 5.41) is 1.06. The molecular weight excluding hydrogens is 186 g/mol. The molecule has 0 aromatic heterocycles. The van der Waals surface area contributed by atoms with Crippen molar-refractivity contribution in [2.75, 3.05) is 0 Å². The minimum Gasteiger partial charge on any atom is -0.402 e. The van der Waals surface area contributed by atoms with Gasteiger partial charge >= 0.3 is 0 Å². The molecule has 0 aliphatic rings. The maximum atomic E-state index is 11.5. The van der Waals surface area contributed by atoms with E-state index in [1.54, 1.807) is 25.1 Å². The Balaban J connectivity index is 3.18. The maximum Gasteiger partial charge on any atom is 0.201 e. The van der Waals surface area contributed by atoms with Gasteiger partial charge in [-0.3, -0.25) is 0 Å². The van der Waals surface area contributed by atoms with Crippen LogP contribution in [0.1, 0.15) is 6.92 Å². The summed E-state index contributed by atoms with van der Waals surface area (Å²) >= 11 is 0. The Bertz CT molecular complexity index is 403. The van der Waals surface area contributed by atoms with E-state index >= 15 is 0 Å². The van der Waals surface area contributed by atoms with Crippen molar-refractivity contribution in [2.24, 2.45) is 5.73 Å². The lowest BCUT2D eigenvalue weighted by Crippen LogP contribution is -2.00. The first-order chi connectivity index (χ1) is 6.02. The Morgan fingerprint density at radius 1 is 1.31 bits per heavy atom. The second kappa shape index (κ2) is 3.62. The molecule has 0 spiro atoms. The second-order valence-corrected chi connectivity index (χ2v) is 4.52. The molecule has 70 valence electrons. The molecule has 0 heterocycles. The molecule has 0 fully saturated rings. The summed E-state index contributed by atoms with van der Waals surface area (Å²) < 4.78 is 23.0. The zero-order valence-corrected chi connectivity index (χ0v) is 8.08. The number of sulfone groups is 1. The quantitative estimate of drug-likeness (QED) is 0.777. The molecule has 0 aliphatic heterocycles. The molecule has 13 heavy (non-hydrogen) atoms. The van der Waals surface area contributed by atoms with Gasteiger partial charge in [-0.2, -0.15) is 0 Å². The topological polar surface area (TPSA) is 60.2 Å². The van der Waals surface area contributed by atoms with Crippen molar-refractivity contribution in [3.05, 3.63) is 41.4 Å².